The average molecular weight is 244 g/mol. The number of aromatic nitrogens is 3. The van der Waals surface area contributed by atoms with E-state index < -0.39 is 0 Å². The Balaban J connectivity index is 2.15. The number of aryl methyl sites for hydroxylation is 2. The summed E-state index contributed by atoms with van der Waals surface area (Å²) in [6.45, 7) is 8.14. The lowest BCUT2D eigenvalue weighted by Gasteiger charge is -2.08. The monoisotopic (exact) mass is 244 g/mol. The summed E-state index contributed by atoms with van der Waals surface area (Å²) in [5, 5.41) is 7.76. The van der Waals surface area contributed by atoms with Crippen LogP contribution in [0.2, 0.25) is 0 Å². The molecule has 4 nitrogen and oxygen atoms in total. The van der Waals surface area contributed by atoms with E-state index in [4.69, 9.17) is 0 Å². The fraction of sp³-hybridized carbons (Fsp3) is 0.429. The van der Waals surface area contributed by atoms with Crippen LogP contribution in [0.5, 0.6) is 0 Å². The molecule has 96 valence electrons. The summed E-state index contributed by atoms with van der Waals surface area (Å²) in [5.74, 6) is 0.905. The van der Waals surface area contributed by atoms with Crippen molar-refractivity contribution in [2.75, 3.05) is 6.54 Å². The standard InChI is InChI=1S/C14H20N4/c1-4-6-15-9-13-8-11(2)14(16-10-13)18-7-5-12(3)17-18/h5,7-8,10,15H,4,6,9H2,1-3H3. The van der Waals surface area contributed by atoms with E-state index in [-0.39, 0.29) is 0 Å². The van der Waals surface area contributed by atoms with Gasteiger partial charge in [0.1, 0.15) is 0 Å². The van der Waals surface area contributed by atoms with E-state index in [9.17, 15) is 0 Å². The quantitative estimate of drug-likeness (QED) is 0.821. The van der Waals surface area contributed by atoms with Gasteiger partial charge in [-0.3, -0.25) is 0 Å². The summed E-state index contributed by atoms with van der Waals surface area (Å²) in [6, 6.07) is 4.15. The first-order valence-corrected chi connectivity index (χ1v) is 6.39. The first kappa shape index (κ1) is 12.8. The smallest absolute Gasteiger partial charge is 0.156 e. The number of rotatable bonds is 5. The van der Waals surface area contributed by atoms with Gasteiger partial charge in [-0.25, -0.2) is 9.67 Å². The maximum atomic E-state index is 4.50. The Bertz CT molecular complexity index is 516. The summed E-state index contributed by atoms with van der Waals surface area (Å²) >= 11 is 0. The van der Waals surface area contributed by atoms with Crippen molar-refractivity contribution in [3.05, 3.63) is 41.3 Å². The molecule has 0 saturated carbocycles. The number of pyridine rings is 1. The average Bonchev–Trinajstić information content (AvgIpc) is 2.76. The third-order valence-corrected chi connectivity index (χ3v) is 2.80. The van der Waals surface area contributed by atoms with Gasteiger partial charge in [-0.1, -0.05) is 6.92 Å². The molecule has 2 aromatic rings. The van der Waals surface area contributed by atoms with Crippen LogP contribution in [-0.4, -0.2) is 21.3 Å². The van der Waals surface area contributed by atoms with Crippen LogP contribution >= 0.6 is 0 Å². The Kier molecular flexibility index (Phi) is 4.10. The molecule has 0 fully saturated rings. The van der Waals surface area contributed by atoms with Crippen molar-refractivity contribution >= 4 is 0 Å². The van der Waals surface area contributed by atoms with Crippen LogP contribution in [0.3, 0.4) is 0 Å². The predicted molar refractivity (Wildman–Crippen MR) is 72.8 cm³/mol. The minimum Gasteiger partial charge on any atom is -0.313 e. The van der Waals surface area contributed by atoms with Crippen LogP contribution < -0.4 is 5.32 Å². The molecule has 0 aromatic carbocycles. The molecule has 0 aliphatic heterocycles. The summed E-state index contributed by atoms with van der Waals surface area (Å²) in [6.07, 6.45) is 5.01. The van der Waals surface area contributed by atoms with Crippen LogP contribution in [0.4, 0.5) is 0 Å². The molecule has 0 bridgehead atoms. The molecular formula is C14H20N4. The normalized spacial score (nSPS) is 10.8. The van der Waals surface area contributed by atoms with Crippen molar-refractivity contribution in [2.24, 2.45) is 0 Å². The topological polar surface area (TPSA) is 42.7 Å². The Hall–Kier alpha value is -1.68. The Morgan fingerprint density at radius 3 is 2.78 bits per heavy atom. The molecule has 2 rings (SSSR count). The van der Waals surface area contributed by atoms with Gasteiger partial charge in [0.05, 0.1) is 5.69 Å². The molecule has 0 spiro atoms. The van der Waals surface area contributed by atoms with Crippen LogP contribution in [-0.2, 0) is 6.54 Å². The minimum atomic E-state index is 0.875. The van der Waals surface area contributed by atoms with Crippen molar-refractivity contribution in [3.8, 4) is 5.82 Å². The number of hydrogen-bond donors (Lipinski definition) is 1. The number of nitrogens with zero attached hydrogens (tertiary/aromatic N) is 3. The largest absolute Gasteiger partial charge is 0.313 e. The molecular weight excluding hydrogens is 224 g/mol. The van der Waals surface area contributed by atoms with E-state index in [1.165, 1.54) is 5.56 Å². The lowest BCUT2D eigenvalue weighted by Crippen LogP contribution is -2.14. The van der Waals surface area contributed by atoms with E-state index in [0.29, 0.717) is 0 Å². The van der Waals surface area contributed by atoms with E-state index in [0.717, 1.165) is 36.6 Å². The van der Waals surface area contributed by atoms with Crippen LogP contribution in [0.15, 0.2) is 24.5 Å². The van der Waals surface area contributed by atoms with Crippen LogP contribution in [0, 0.1) is 13.8 Å². The Morgan fingerprint density at radius 1 is 1.33 bits per heavy atom. The van der Waals surface area contributed by atoms with Gasteiger partial charge in [0.2, 0.25) is 0 Å². The maximum absolute atomic E-state index is 4.50. The van der Waals surface area contributed by atoms with Gasteiger partial charge in [-0.2, -0.15) is 5.10 Å². The van der Waals surface area contributed by atoms with Crippen molar-refractivity contribution in [2.45, 2.75) is 33.7 Å². The molecule has 18 heavy (non-hydrogen) atoms. The fourth-order valence-electron chi connectivity index (χ4n) is 1.90. The molecule has 0 atom stereocenters. The Labute approximate surface area is 108 Å². The van der Waals surface area contributed by atoms with E-state index >= 15 is 0 Å². The van der Waals surface area contributed by atoms with Gasteiger partial charge in [-0.15, -0.1) is 0 Å². The third-order valence-electron chi connectivity index (χ3n) is 2.80. The van der Waals surface area contributed by atoms with E-state index in [1.807, 2.05) is 30.1 Å². The van der Waals surface area contributed by atoms with Crippen LogP contribution in [0.1, 0.15) is 30.2 Å². The maximum Gasteiger partial charge on any atom is 0.156 e. The van der Waals surface area contributed by atoms with Gasteiger partial charge in [0, 0.05) is 18.9 Å². The van der Waals surface area contributed by atoms with Gasteiger partial charge < -0.3 is 5.32 Å². The highest BCUT2D eigenvalue weighted by molar-refractivity contribution is 5.34. The molecule has 0 aliphatic carbocycles. The number of hydrogen-bond acceptors (Lipinski definition) is 3. The lowest BCUT2D eigenvalue weighted by molar-refractivity contribution is 0.672. The minimum absolute atomic E-state index is 0.875. The second-order valence-electron chi connectivity index (χ2n) is 4.56. The molecule has 1 N–H and O–H groups in total. The first-order chi connectivity index (χ1) is 8.70. The van der Waals surface area contributed by atoms with Gasteiger partial charge in [0.25, 0.3) is 0 Å². The van der Waals surface area contributed by atoms with Crippen molar-refractivity contribution in [3.63, 3.8) is 0 Å². The zero-order chi connectivity index (χ0) is 13.0. The van der Waals surface area contributed by atoms with Gasteiger partial charge in [0.15, 0.2) is 5.82 Å². The molecule has 2 aromatic heterocycles. The summed E-state index contributed by atoms with van der Waals surface area (Å²) < 4.78 is 1.83. The van der Waals surface area contributed by atoms with Gasteiger partial charge >= 0.3 is 0 Å². The second kappa shape index (κ2) is 5.78. The van der Waals surface area contributed by atoms with Crippen molar-refractivity contribution in [1.82, 2.24) is 20.1 Å². The molecule has 0 saturated heterocycles. The molecule has 0 aliphatic rings. The third kappa shape index (κ3) is 2.96. The molecule has 0 radical (unpaired) electrons. The molecule has 0 unspecified atom stereocenters. The number of nitrogens with one attached hydrogen (secondary N) is 1. The Morgan fingerprint density at radius 2 is 2.17 bits per heavy atom. The van der Waals surface area contributed by atoms with Crippen molar-refractivity contribution < 1.29 is 0 Å². The lowest BCUT2D eigenvalue weighted by atomic mass is 10.2. The zero-order valence-corrected chi connectivity index (χ0v) is 11.3. The fourth-order valence-corrected chi connectivity index (χ4v) is 1.90. The first-order valence-electron chi connectivity index (χ1n) is 6.39. The predicted octanol–water partition coefficient (Wildman–Crippen LogP) is 2.38. The molecule has 4 heteroatoms. The second-order valence-corrected chi connectivity index (χ2v) is 4.56. The van der Waals surface area contributed by atoms with Crippen LogP contribution in [0.25, 0.3) is 5.82 Å². The highest BCUT2D eigenvalue weighted by atomic mass is 15.3. The summed E-state index contributed by atoms with van der Waals surface area (Å²) in [7, 11) is 0. The summed E-state index contributed by atoms with van der Waals surface area (Å²) in [5.41, 5.74) is 3.37. The van der Waals surface area contributed by atoms with E-state index in [1.54, 1.807) is 0 Å². The summed E-state index contributed by atoms with van der Waals surface area (Å²) in [4.78, 5) is 4.50. The van der Waals surface area contributed by atoms with Gasteiger partial charge in [-0.05, 0) is 50.1 Å². The van der Waals surface area contributed by atoms with Crippen molar-refractivity contribution in [1.29, 1.82) is 0 Å². The van der Waals surface area contributed by atoms with E-state index in [2.05, 4.69) is 35.3 Å². The molecule has 0 amide bonds. The molecule has 2 heterocycles. The zero-order valence-electron chi connectivity index (χ0n) is 11.3. The SMILES string of the molecule is CCCNCc1cnc(-n2ccc(C)n2)c(C)c1. The highest BCUT2D eigenvalue weighted by Gasteiger charge is 2.05. The highest BCUT2D eigenvalue weighted by Crippen LogP contribution is 2.12.